The van der Waals surface area contributed by atoms with Gasteiger partial charge in [-0.1, -0.05) is 55.4 Å². The zero-order chi connectivity index (χ0) is 24.2. The van der Waals surface area contributed by atoms with Gasteiger partial charge in [-0.25, -0.2) is 9.18 Å². The van der Waals surface area contributed by atoms with Gasteiger partial charge in [0.2, 0.25) is 11.8 Å². The zero-order valence-corrected chi connectivity index (χ0v) is 18.9. The summed E-state index contributed by atoms with van der Waals surface area (Å²) in [6.07, 6.45) is 0.0233. The molecule has 3 unspecified atom stereocenters. The fourth-order valence-corrected chi connectivity index (χ4v) is 4.03. The Kier molecular flexibility index (Phi) is 6.85. The van der Waals surface area contributed by atoms with E-state index in [-0.39, 0.29) is 25.2 Å². The molecule has 0 aliphatic carbocycles. The number of benzene rings is 1. The van der Waals surface area contributed by atoms with Gasteiger partial charge in [0.25, 0.3) is 0 Å². The second kappa shape index (κ2) is 9.98. The summed E-state index contributed by atoms with van der Waals surface area (Å²) < 4.78 is 18.7. The highest BCUT2D eigenvalue weighted by Gasteiger charge is 2.40. The Morgan fingerprint density at radius 2 is 1.97 bits per heavy atom. The van der Waals surface area contributed by atoms with Crippen LogP contribution < -0.4 is 11.1 Å². The zero-order valence-electron chi connectivity index (χ0n) is 18.9. The van der Waals surface area contributed by atoms with Crippen molar-refractivity contribution >= 4 is 11.8 Å². The van der Waals surface area contributed by atoms with Crippen LogP contribution in [0.2, 0.25) is 0 Å². The van der Waals surface area contributed by atoms with E-state index < -0.39 is 35.8 Å². The van der Waals surface area contributed by atoms with Gasteiger partial charge in [0.05, 0.1) is 24.7 Å². The number of pyridine rings is 1. The number of likely N-dealkylation sites (tertiary alicyclic amines) is 1. The molecule has 1 fully saturated rings. The summed E-state index contributed by atoms with van der Waals surface area (Å²) in [5.74, 6) is -1.46. The number of H-pyrrole nitrogens is 1. The number of amides is 2. The van der Waals surface area contributed by atoms with Crippen molar-refractivity contribution < 1.29 is 18.5 Å². The molecule has 0 saturated carbocycles. The largest absolute Gasteiger partial charge is 0.438 e. The number of halogens is 1. The van der Waals surface area contributed by atoms with Crippen molar-refractivity contribution in [2.24, 2.45) is 0 Å². The summed E-state index contributed by atoms with van der Waals surface area (Å²) in [7, 11) is 0. The smallest absolute Gasteiger partial charge is 0.342 e. The van der Waals surface area contributed by atoms with Crippen molar-refractivity contribution in [2.45, 2.75) is 50.9 Å². The quantitative estimate of drug-likeness (QED) is 0.550. The number of alkyl halides is 1. The third-order valence-electron chi connectivity index (χ3n) is 5.87. The number of aromatic amines is 1. The Bertz CT molecular complexity index is 1190. The normalized spacial score (nSPS) is 18.8. The number of carbonyl (C=O) groups excluding carboxylic acids is 2. The predicted octanol–water partition coefficient (Wildman–Crippen LogP) is 2.27. The minimum absolute atomic E-state index is 0.0214. The van der Waals surface area contributed by atoms with E-state index in [1.807, 2.05) is 42.5 Å². The molecule has 1 aliphatic heterocycles. The van der Waals surface area contributed by atoms with Crippen LogP contribution >= 0.6 is 0 Å². The molecule has 9 nitrogen and oxygen atoms in total. The Morgan fingerprint density at radius 1 is 1.21 bits per heavy atom. The highest BCUT2D eigenvalue weighted by molar-refractivity contribution is 5.89. The minimum Gasteiger partial charge on any atom is -0.342 e. The third-order valence-corrected chi connectivity index (χ3v) is 5.87. The molecule has 2 N–H and O–H groups in total. The van der Waals surface area contributed by atoms with Crippen molar-refractivity contribution in [3.63, 3.8) is 0 Å². The van der Waals surface area contributed by atoms with Crippen molar-refractivity contribution in [3.05, 3.63) is 81.9 Å². The second-order valence-corrected chi connectivity index (χ2v) is 8.64. The second-order valence-electron chi connectivity index (χ2n) is 8.64. The molecule has 2 amide bonds. The SMILES string of the molecule is CC(C)c1ccc(C(NC(=O)C2CC(F)CN2C(=O)Cc2noc(=O)[nH]2)c2ccccc2)nc1. The summed E-state index contributed by atoms with van der Waals surface area (Å²) in [4.78, 5) is 45.2. The number of nitrogens with zero attached hydrogens (tertiary/aromatic N) is 3. The average Bonchev–Trinajstić information content (AvgIpc) is 3.43. The maximum atomic E-state index is 14.3. The first-order chi connectivity index (χ1) is 16.3. The Hall–Kier alpha value is -3.82. The lowest BCUT2D eigenvalue weighted by Crippen LogP contribution is -2.47. The molecule has 34 heavy (non-hydrogen) atoms. The lowest BCUT2D eigenvalue weighted by molar-refractivity contribution is -0.138. The van der Waals surface area contributed by atoms with Crippen LogP contribution in [0, 0.1) is 0 Å². The van der Waals surface area contributed by atoms with E-state index in [4.69, 9.17) is 0 Å². The third kappa shape index (κ3) is 5.22. The minimum atomic E-state index is -1.34. The fourth-order valence-electron chi connectivity index (χ4n) is 4.03. The van der Waals surface area contributed by atoms with E-state index in [0.29, 0.717) is 11.6 Å². The van der Waals surface area contributed by atoms with E-state index in [0.717, 1.165) is 11.1 Å². The number of hydrogen-bond donors (Lipinski definition) is 2. The molecular formula is C24H26FN5O4. The Balaban J connectivity index is 1.56. The number of hydrogen-bond acceptors (Lipinski definition) is 6. The van der Waals surface area contributed by atoms with E-state index in [2.05, 4.69) is 38.8 Å². The van der Waals surface area contributed by atoms with E-state index in [1.54, 1.807) is 6.20 Å². The summed E-state index contributed by atoms with van der Waals surface area (Å²) in [5, 5.41) is 6.43. The van der Waals surface area contributed by atoms with Crippen molar-refractivity contribution in [3.8, 4) is 0 Å². The Labute approximate surface area is 195 Å². The molecule has 178 valence electrons. The standard InChI is InChI=1S/C24H26FN5O4/c1-14(2)16-8-9-18(26-12-16)22(15-6-4-3-5-7-15)28-23(32)19-10-17(25)13-30(19)21(31)11-20-27-24(33)34-29-20/h3-9,12,14,17,19,22H,10-11,13H2,1-2H3,(H,28,32)(H,27,29,33). The average molecular weight is 468 g/mol. The summed E-state index contributed by atoms with van der Waals surface area (Å²) in [6.45, 7) is 3.93. The van der Waals surface area contributed by atoms with Crippen LogP contribution in [0.1, 0.15) is 54.9 Å². The first kappa shape index (κ1) is 23.3. The number of carbonyl (C=O) groups is 2. The maximum absolute atomic E-state index is 14.3. The van der Waals surface area contributed by atoms with Crippen LogP contribution in [-0.4, -0.2) is 50.6 Å². The summed E-state index contributed by atoms with van der Waals surface area (Å²) >= 11 is 0. The monoisotopic (exact) mass is 467 g/mol. The molecule has 3 atom stereocenters. The van der Waals surface area contributed by atoms with Crippen molar-refractivity contribution in [2.75, 3.05) is 6.54 Å². The van der Waals surface area contributed by atoms with Gasteiger partial charge in [-0.05, 0) is 23.1 Å². The van der Waals surface area contributed by atoms with E-state index >= 15 is 0 Å². The predicted molar refractivity (Wildman–Crippen MR) is 121 cm³/mol. The molecule has 1 saturated heterocycles. The van der Waals surface area contributed by atoms with Crippen LogP contribution in [0.15, 0.2) is 58.0 Å². The van der Waals surface area contributed by atoms with Gasteiger partial charge in [0, 0.05) is 12.6 Å². The molecule has 3 heterocycles. The first-order valence-electron chi connectivity index (χ1n) is 11.1. The molecule has 0 radical (unpaired) electrons. The highest BCUT2D eigenvalue weighted by Crippen LogP contribution is 2.26. The number of aromatic nitrogens is 3. The number of nitrogens with one attached hydrogen (secondary N) is 2. The topological polar surface area (TPSA) is 121 Å². The highest BCUT2D eigenvalue weighted by atomic mass is 19.1. The molecule has 4 rings (SSSR count). The summed E-state index contributed by atoms with van der Waals surface area (Å²) in [5.41, 5.74) is 2.52. The Morgan fingerprint density at radius 3 is 2.59 bits per heavy atom. The van der Waals surface area contributed by atoms with Crippen molar-refractivity contribution in [1.82, 2.24) is 25.3 Å². The molecule has 2 aromatic heterocycles. The van der Waals surface area contributed by atoms with Crippen molar-refractivity contribution in [1.29, 1.82) is 0 Å². The summed E-state index contributed by atoms with van der Waals surface area (Å²) in [6, 6.07) is 11.6. The van der Waals surface area contributed by atoms with Gasteiger partial charge in [-0.2, -0.15) is 0 Å². The van der Waals surface area contributed by atoms with Crippen LogP contribution in [0.4, 0.5) is 4.39 Å². The van der Waals surface area contributed by atoms with Crippen LogP contribution in [0.5, 0.6) is 0 Å². The van der Waals surface area contributed by atoms with E-state index in [9.17, 15) is 18.8 Å². The molecule has 3 aromatic rings. The van der Waals surface area contributed by atoms with Gasteiger partial charge >= 0.3 is 5.76 Å². The van der Waals surface area contributed by atoms with Gasteiger partial charge in [-0.15, -0.1) is 0 Å². The van der Waals surface area contributed by atoms with E-state index in [1.165, 1.54) is 4.90 Å². The molecule has 1 aliphatic rings. The first-order valence-corrected chi connectivity index (χ1v) is 11.1. The van der Waals surface area contributed by atoms with Gasteiger partial charge in [-0.3, -0.25) is 24.1 Å². The van der Waals surface area contributed by atoms with Gasteiger partial charge in [0.15, 0.2) is 5.82 Å². The molecule has 10 heteroatoms. The maximum Gasteiger partial charge on any atom is 0.438 e. The molecule has 1 aromatic carbocycles. The molecule has 0 bridgehead atoms. The van der Waals surface area contributed by atoms with Crippen LogP contribution in [-0.2, 0) is 16.0 Å². The fraction of sp³-hybridized carbons (Fsp3) is 0.375. The molecule has 0 spiro atoms. The molecular weight excluding hydrogens is 441 g/mol. The van der Waals surface area contributed by atoms with Crippen LogP contribution in [0.25, 0.3) is 0 Å². The number of rotatable bonds is 7. The van der Waals surface area contributed by atoms with Gasteiger partial charge < -0.3 is 10.2 Å². The lowest BCUT2D eigenvalue weighted by atomic mass is 10.00. The van der Waals surface area contributed by atoms with Gasteiger partial charge in [0.1, 0.15) is 12.2 Å². The lowest BCUT2D eigenvalue weighted by Gasteiger charge is -2.26. The van der Waals surface area contributed by atoms with Crippen LogP contribution in [0.3, 0.4) is 0 Å².